The summed E-state index contributed by atoms with van der Waals surface area (Å²) in [6.07, 6.45) is 1.69. The van der Waals surface area contributed by atoms with Crippen LogP contribution in [0.25, 0.3) is 0 Å². The van der Waals surface area contributed by atoms with E-state index < -0.39 is 11.6 Å². The van der Waals surface area contributed by atoms with Crippen molar-refractivity contribution in [3.63, 3.8) is 0 Å². The van der Waals surface area contributed by atoms with Crippen LogP contribution in [0.3, 0.4) is 0 Å². The predicted molar refractivity (Wildman–Crippen MR) is 49.4 cm³/mol. The molecule has 0 saturated heterocycles. The molecule has 0 radical (unpaired) electrons. The van der Waals surface area contributed by atoms with Gasteiger partial charge in [-0.15, -0.1) is 0 Å². The molecule has 2 nitrogen and oxygen atoms in total. The van der Waals surface area contributed by atoms with Gasteiger partial charge in [-0.05, 0) is 17.7 Å². The summed E-state index contributed by atoms with van der Waals surface area (Å²) in [5, 5.41) is 2.86. The van der Waals surface area contributed by atoms with Crippen molar-refractivity contribution in [1.82, 2.24) is 5.32 Å². The van der Waals surface area contributed by atoms with Crippen molar-refractivity contribution in [3.05, 3.63) is 47.3 Å². The van der Waals surface area contributed by atoms with Crippen LogP contribution < -0.4 is 11.1 Å². The Bertz CT molecular complexity index is 388. The average Bonchev–Trinajstić information content (AvgIpc) is 2.57. The van der Waals surface area contributed by atoms with Gasteiger partial charge in [0.05, 0.1) is 5.82 Å². The zero-order valence-corrected chi connectivity index (χ0v) is 7.43. The lowest BCUT2D eigenvalue weighted by atomic mass is 10.00. The first-order valence-electron chi connectivity index (χ1n) is 4.33. The summed E-state index contributed by atoms with van der Waals surface area (Å²) in [6.45, 7) is 0.520. The van der Waals surface area contributed by atoms with Crippen LogP contribution in [0.15, 0.2) is 30.1 Å². The SMILES string of the molecule is NC1=C[C@@H](c2cccc(F)c2F)CN1. The molecule has 0 aromatic heterocycles. The second kappa shape index (κ2) is 3.29. The Morgan fingerprint density at radius 3 is 2.79 bits per heavy atom. The van der Waals surface area contributed by atoms with Crippen LogP contribution in [0, 0.1) is 11.6 Å². The van der Waals surface area contributed by atoms with Crippen LogP contribution in [0.1, 0.15) is 11.5 Å². The molecule has 1 aromatic carbocycles. The minimum absolute atomic E-state index is 0.175. The molecule has 0 aliphatic carbocycles. The van der Waals surface area contributed by atoms with E-state index in [2.05, 4.69) is 5.32 Å². The highest BCUT2D eigenvalue weighted by Gasteiger charge is 2.20. The summed E-state index contributed by atoms with van der Waals surface area (Å²) in [6, 6.07) is 4.17. The van der Waals surface area contributed by atoms with E-state index in [0.29, 0.717) is 17.9 Å². The van der Waals surface area contributed by atoms with Gasteiger partial charge >= 0.3 is 0 Å². The van der Waals surface area contributed by atoms with Crippen LogP contribution in [0.4, 0.5) is 8.78 Å². The van der Waals surface area contributed by atoms with Crippen LogP contribution in [-0.2, 0) is 0 Å². The number of halogens is 2. The van der Waals surface area contributed by atoms with E-state index in [1.165, 1.54) is 6.07 Å². The fourth-order valence-corrected chi connectivity index (χ4v) is 1.57. The monoisotopic (exact) mass is 196 g/mol. The zero-order chi connectivity index (χ0) is 10.1. The van der Waals surface area contributed by atoms with Crippen molar-refractivity contribution in [1.29, 1.82) is 0 Å². The maximum atomic E-state index is 13.3. The van der Waals surface area contributed by atoms with Crippen LogP contribution in [-0.4, -0.2) is 6.54 Å². The van der Waals surface area contributed by atoms with Crippen molar-refractivity contribution in [2.24, 2.45) is 5.73 Å². The lowest BCUT2D eigenvalue weighted by molar-refractivity contribution is 0.495. The van der Waals surface area contributed by atoms with Crippen LogP contribution >= 0.6 is 0 Å². The van der Waals surface area contributed by atoms with Gasteiger partial charge in [-0.1, -0.05) is 12.1 Å². The van der Waals surface area contributed by atoms with Gasteiger partial charge in [-0.3, -0.25) is 0 Å². The van der Waals surface area contributed by atoms with E-state index >= 15 is 0 Å². The average molecular weight is 196 g/mol. The molecular weight excluding hydrogens is 186 g/mol. The summed E-state index contributed by atoms with van der Waals surface area (Å²) in [5.41, 5.74) is 5.83. The Kier molecular flexibility index (Phi) is 2.11. The number of hydrogen-bond donors (Lipinski definition) is 2. The third-order valence-electron chi connectivity index (χ3n) is 2.29. The van der Waals surface area contributed by atoms with Crippen molar-refractivity contribution in [2.45, 2.75) is 5.92 Å². The Hall–Kier alpha value is -1.58. The first kappa shape index (κ1) is 8.99. The largest absolute Gasteiger partial charge is 0.386 e. The number of hydrogen-bond acceptors (Lipinski definition) is 2. The van der Waals surface area contributed by atoms with E-state index in [4.69, 9.17) is 5.73 Å². The zero-order valence-electron chi connectivity index (χ0n) is 7.43. The fourth-order valence-electron chi connectivity index (χ4n) is 1.57. The highest BCUT2D eigenvalue weighted by atomic mass is 19.2. The third-order valence-corrected chi connectivity index (χ3v) is 2.29. The van der Waals surface area contributed by atoms with Crippen LogP contribution in [0.2, 0.25) is 0 Å². The van der Waals surface area contributed by atoms with E-state index in [0.717, 1.165) is 6.07 Å². The Labute approximate surface area is 80.4 Å². The van der Waals surface area contributed by atoms with Gasteiger partial charge in [-0.25, -0.2) is 8.78 Å². The second-order valence-corrected chi connectivity index (χ2v) is 3.25. The van der Waals surface area contributed by atoms with Crippen molar-refractivity contribution >= 4 is 0 Å². The first-order valence-corrected chi connectivity index (χ1v) is 4.33. The van der Waals surface area contributed by atoms with Gasteiger partial charge in [0.1, 0.15) is 0 Å². The van der Waals surface area contributed by atoms with E-state index in [1.54, 1.807) is 12.1 Å². The molecule has 0 unspecified atom stereocenters. The van der Waals surface area contributed by atoms with E-state index in [9.17, 15) is 8.78 Å². The Morgan fingerprint density at radius 1 is 1.36 bits per heavy atom. The summed E-state index contributed by atoms with van der Waals surface area (Å²) in [5.74, 6) is -1.27. The number of rotatable bonds is 1. The van der Waals surface area contributed by atoms with Gasteiger partial charge < -0.3 is 11.1 Å². The molecule has 1 aliphatic heterocycles. The molecule has 0 fully saturated rings. The topological polar surface area (TPSA) is 38.0 Å². The van der Waals surface area contributed by atoms with E-state index in [1.807, 2.05) is 0 Å². The van der Waals surface area contributed by atoms with Gasteiger partial charge in [0.15, 0.2) is 11.6 Å². The molecule has 74 valence electrons. The number of nitrogens with one attached hydrogen (secondary N) is 1. The standard InChI is InChI=1S/C10H10F2N2/c11-8-3-1-2-7(10(8)12)6-4-9(13)14-5-6/h1-4,6,14H,5,13H2/t6-/m1/s1. The second-order valence-electron chi connectivity index (χ2n) is 3.25. The molecule has 4 heteroatoms. The van der Waals surface area contributed by atoms with Gasteiger partial charge in [0.25, 0.3) is 0 Å². The minimum atomic E-state index is -0.818. The quantitative estimate of drug-likeness (QED) is 0.713. The first-order chi connectivity index (χ1) is 6.68. The lowest BCUT2D eigenvalue weighted by Gasteiger charge is -2.08. The molecule has 1 aliphatic rings. The summed E-state index contributed by atoms with van der Waals surface area (Å²) in [7, 11) is 0. The fraction of sp³-hybridized carbons (Fsp3) is 0.200. The molecule has 1 atom stereocenters. The number of nitrogens with two attached hydrogens (primary N) is 1. The molecule has 0 saturated carbocycles. The lowest BCUT2D eigenvalue weighted by Crippen LogP contribution is -2.16. The molecule has 0 amide bonds. The normalized spacial score (nSPS) is 20.4. The van der Waals surface area contributed by atoms with Gasteiger partial charge in [-0.2, -0.15) is 0 Å². The molecule has 14 heavy (non-hydrogen) atoms. The van der Waals surface area contributed by atoms with Crippen molar-refractivity contribution in [3.8, 4) is 0 Å². The third kappa shape index (κ3) is 1.43. The smallest absolute Gasteiger partial charge is 0.162 e. The highest BCUT2D eigenvalue weighted by Crippen LogP contribution is 2.24. The molecule has 1 aromatic rings. The number of benzene rings is 1. The maximum absolute atomic E-state index is 13.3. The molecule has 0 bridgehead atoms. The maximum Gasteiger partial charge on any atom is 0.162 e. The van der Waals surface area contributed by atoms with E-state index in [-0.39, 0.29) is 5.92 Å². The van der Waals surface area contributed by atoms with Gasteiger partial charge in [0.2, 0.25) is 0 Å². The van der Waals surface area contributed by atoms with Gasteiger partial charge in [0, 0.05) is 12.5 Å². The minimum Gasteiger partial charge on any atom is -0.386 e. The van der Waals surface area contributed by atoms with Crippen molar-refractivity contribution < 1.29 is 8.78 Å². The van der Waals surface area contributed by atoms with Crippen LogP contribution in [0.5, 0.6) is 0 Å². The highest BCUT2D eigenvalue weighted by molar-refractivity contribution is 5.30. The molecule has 2 rings (SSSR count). The molecular formula is C10H10F2N2. The van der Waals surface area contributed by atoms with Crippen molar-refractivity contribution in [2.75, 3.05) is 6.54 Å². The summed E-state index contributed by atoms with van der Waals surface area (Å²) >= 11 is 0. The Morgan fingerprint density at radius 2 is 2.14 bits per heavy atom. The summed E-state index contributed by atoms with van der Waals surface area (Å²) < 4.78 is 26.2. The predicted octanol–water partition coefficient (Wildman–Crippen LogP) is 1.45. The molecule has 1 heterocycles. The summed E-state index contributed by atoms with van der Waals surface area (Å²) in [4.78, 5) is 0. The Balaban J connectivity index is 2.37. The molecule has 3 N–H and O–H groups in total. The molecule has 0 spiro atoms.